The van der Waals surface area contributed by atoms with Gasteiger partial charge in [-0.05, 0) is 13.0 Å². The molecule has 0 aliphatic carbocycles. The van der Waals surface area contributed by atoms with Gasteiger partial charge in [-0.2, -0.15) is 13.2 Å². The van der Waals surface area contributed by atoms with Gasteiger partial charge in [0.05, 0.1) is 4.92 Å². The fraction of sp³-hybridized carbons (Fsp3) is 0.300. The molecule has 9 heteroatoms. The lowest BCUT2D eigenvalue weighted by Crippen LogP contribution is -2.31. The maximum Gasteiger partial charge on any atom is 0.425 e. The monoisotopic (exact) mass is 279 g/mol. The van der Waals surface area contributed by atoms with Crippen LogP contribution in [-0.4, -0.2) is 28.3 Å². The van der Waals surface area contributed by atoms with Gasteiger partial charge in [-0.1, -0.05) is 0 Å². The summed E-state index contributed by atoms with van der Waals surface area (Å²) in [5.74, 6) is -2.04. The van der Waals surface area contributed by atoms with E-state index in [2.05, 4.69) is 4.74 Å². The minimum atomic E-state index is -4.62. The highest BCUT2D eigenvalue weighted by atomic mass is 19.4. The first-order chi connectivity index (χ1) is 8.62. The highest BCUT2D eigenvalue weighted by molar-refractivity contribution is 5.92. The van der Waals surface area contributed by atoms with Crippen molar-refractivity contribution in [3.8, 4) is 5.75 Å². The molecule has 1 aromatic rings. The third-order valence-corrected chi connectivity index (χ3v) is 2.17. The van der Waals surface area contributed by atoms with Crippen molar-refractivity contribution in [3.05, 3.63) is 33.9 Å². The van der Waals surface area contributed by atoms with E-state index < -0.39 is 40.2 Å². The van der Waals surface area contributed by atoms with E-state index in [1.54, 1.807) is 0 Å². The van der Waals surface area contributed by atoms with Gasteiger partial charge in [-0.3, -0.25) is 10.1 Å². The van der Waals surface area contributed by atoms with Gasteiger partial charge in [0, 0.05) is 12.1 Å². The molecule has 1 atom stereocenters. The molecule has 1 rings (SSSR count). The zero-order valence-corrected chi connectivity index (χ0v) is 9.47. The number of benzene rings is 1. The summed E-state index contributed by atoms with van der Waals surface area (Å²) in [4.78, 5) is 20.4. The van der Waals surface area contributed by atoms with Gasteiger partial charge in [-0.25, -0.2) is 4.79 Å². The van der Waals surface area contributed by atoms with E-state index in [0.29, 0.717) is 6.07 Å². The summed E-state index contributed by atoms with van der Waals surface area (Å²) in [5, 5.41) is 19.3. The minimum Gasteiger partial charge on any atom is -0.481 e. The Morgan fingerprint density at radius 1 is 1.47 bits per heavy atom. The fourth-order valence-corrected chi connectivity index (χ4v) is 1.19. The van der Waals surface area contributed by atoms with Crippen LogP contribution in [0, 0.1) is 10.1 Å². The molecule has 0 aromatic heterocycles. The van der Waals surface area contributed by atoms with E-state index >= 15 is 0 Å². The molecule has 104 valence electrons. The quantitative estimate of drug-likeness (QED) is 0.675. The van der Waals surface area contributed by atoms with Gasteiger partial charge in [0.1, 0.15) is 11.3 Å². The smallest absolute Gasteiger partial charge is 0.425 e. The summed E-state index contributed by atoms with van der Waals surface area (Å²) >= 11 is 0. The topological polar surface area (TPSA) is 89.7 Å². The second-order valence-electron chi connectivity index (χ2n) is 3.54. The predicted molar refractivity (Wildman–Crippen MR) is 56.2 cm³/mol. The second-order valence-corrected chi connectivity index (χ2v) is 3.54. The highest BCUT2D eigenvalue weighted by Crippen LogP contribution is 2.28. The molecule has 1 aromatic carbocycles. The van der Waals surface area contributed by atoms with Crippen LogP contribution in [0.4, 0.5) is 18.9 Å². The lowest BCUT2D eigenvalue weighted by molar-refractivity contribution is -0.385. The van der Waals surface area contributed by atoms with Crippen LogP contribution in [0.5, 0.6) is 5.75 Å². The Hall–Kier alpha value is -2.32. The van der Waals surface area contributed by atoms with Gasteiger partial charge in [0.15, 0.2) is 6.10 Å². The van der Waals surface area contributed by atoms with Crippen molar-refractivity contribution < 1.29 is 32.7 Å². The molecular formula is C10H8F3NO5. The zero-order valence-electron chi connectivity index (χ0n) is 9.47. The van der Waals surface area contributed by atoms with Gasteiger partial charge in [0.25, 0.3) is 5.69 Å². The Morgan fingerprint density at radius 3 is 2.47 bits per heavy atom. The lowest BCUT2D eigenvalue weighted by atomic mass is 10.1. The Balaban J connectivity index is 3.10. The van der Waals surface area contributed by atoms with Crippen LogP contribution in [0.1, 0.15) is 17.3 Å². The SMILES string of the molecule is CC(Oc1ccc([N+](=O)[O-])c(C(=O)O)c1)C(F)(F)F. The molecule has 0 fully saturated rings. The molecule has 6 nitrogen and oxygen atoms in total. The van der Waals surface area contributed by atoms with Crippen molar-refractivity contribution in [1.29, 1.82) is 0 Å². The van der Waals surface area contributed by atoms with Crippen molar-refractivity contribution in [2.45, 2.75) is 19.2 Å². The van der Waals surface area contributed by atoms with Crippen LogP contribution in [-0.2, 0) is 0 Å². The molecule has 0 amide bonds. The Bertz CT molecular complexity index is 514. The third-order valence-electron chi connectivity index (χ3n) is 2.17. The predicted octanol–water partition coefficient (Wildman–Crippen LogP) is 2.62. The first-order valence-corrected chi connectivity index (χ1v) is 4.88. The molecule has 1 unspecified atom stereocenters. The van der Waals surface area contributed by atoms with Crippen LogP contribution in [0.25, 0.3) is 0 Å². The lowest BCUT2D eigenvalue weighted by Gasteiger charge is -2.17. The van der Waals surface area contributed by atoms with E-state index in [4.69, 9.17) is 5.11 Å². The van der Waals surface area contributed by atoms with E-state index in [9.17, 15) is 28.1 Å². The number of carbonyl (C=O) groups is 1. The average Bonchev–Trinajstić information content (AvgIpc) is 2.27. The number of carboxylic acids is 1. The van der Waals surface area contributed by atoms with E-state index in [-0.39, 0.29) is 0 Å². The Morgan fingerprint density at radius 2 is 2.05 bits per heavy atom. The number of nitrogens with zero attached hydrogens (tertiary/aromatic N) is 1. The molecule has 0 bridgehead atoms. The van der Waals surface area contributed by atoms with Crippen LogP contribution in [0.15, 0.2) is 18.2 Å². The van der Waals surface area contributed by atoms with Crippen molar-refractivity contribution in [2.24, 2.45) is 0 Å². The van der Waals surface area contributed by atoms with Gasteiger partial charge < -0.3 is 9.84 Å². The molecular weight excluding hydrogens is 271 g/mol. The maximum atomic E-state index is 12.3. The first-order valence-electron chi connectivity index (χ1n) is 4.88. The number of halogens is 3. The summed E-state index contributed by atoms with van der Waals surface area (Å²) in [6.07, 6.45) is -6.78. The molecule has 19 heavy (non-hydrogen) atoms. The largest absolute Gasteiger partial charge is 0.481 e. The number of carboxylic acid groups (broad SMARTS) is 1. The van der Waals surface area contributed by atoms with Crippen LogP contribution >= 0.6 is 0 Å². The number of ether oxygens (including phenoxy) is 1. The van der Waals surface area contributed by atoms with Crippen LogP contribution in [0.3, 0.4) is 0 Å². The first kappa shape index (κ1) is 14.7. The Labute approximate surface area is 104 Å². The second kappa shape index (κ2) is 5.12. The highest BCUT2D eigenvalue weighted by Gasteiger charge is 2.38. The van der Waals surface area contributed by atoms with E-state index in [0.717, 1.165) is 19.1 Å². The molecule has 0 saturated heterocycles. The summed E-state index contributed by atoms with van der Waals surface area (Å²) < 4.78 is 41.2. The van der Waals surface area contributed by atoms with Crippen LogP contribution < -0.4 is 4.74 Å². The summed E-state index contributed by atoms with van der Waals surface area (Å²) in [6.45, 7) is 0.738. The molecule has 1 N–H and O–H groups in total. The van der Waals surface area contributed by atoms with Crippen molar-refractivity contribution in [3.63, 3.8) is 0 Å². The molecule has 0 heterocycles. The summed E-state index contributed by atoms with van der Waals surface area (Å²) in [5.41, 5.74) is -1.46. The maximum absolute atomic E-state index is 12.3. The van der Waals surface area contributed by atoms with Crippen molar-refractivity contribution in [2.75, 3.05) is 0 Å². The summed E-state index contributed by atoms with van der Waals surface area (Å²) in [7, 11) is 0. The minimum absolute atomic E-state index is 0.409. The number of nitro groups is 1. The summed E-state index contributed by atoms with van der Waals surface area (Å²) in [6, 6.07) is 2.37. The number of nitro benzene ring substituents is 1. The number of rotatable bonds is 4. The Kier molecular flexibility index (Phi) is 3.98. The molecule has 0 aliphatic heterocycles. The van der Waals surface area contributed by atoms with Crippen molar-refractivity contribution >= 4 is 11.7 Å². The number of hydrogen-bond donors (Lipinski definition) is 1. The number of alkyl halides is 3. The molecule has 0 spiro atoms. The normalized spacial score (nSPS) is 12.8. The average molecular weight is 279 g/mol. The van der Waals surface area contributed by atoms with Gasteiger partial charge >= 0.3 is 12.1 Å². The number of hydrogen-bond acceptors (Lipinski definition) is 4. The fourth-order valence-electron chi connectivity index (χ4n) is 1.19. The van der Waals surface area contributed by atoms with Gasteiger partial charge in [0.2, 0.25) is 0 Å². The van der Waals surface area contributed by atoms with E-state index in [1.165, 1.54) is 0 Å². The van der Waals surface area contributed by atoms with Crippen molar-refractivity contribution in [1.82, 2.24) is 0 Å². The van der Waals surface area contributed by atoms with Crippen LogP contribution in [0.2, 0.25) is 0 Å². The van der Waals surface area contributed by atoms with E-state index in [1.807, 2.05) is 0 Å². The molecule has 0 saturated carbocycles. The zero-order chi connectivity index (χ0) is 14.8. The molecule has 0 aliphatic rings. The van der Waals surface area contributed by atoms with Gasteiger partial charge in [-0.15, -0.1) is 0 Å². The third kappa shape index (κ3) is 3.57. The number of aromatic carboxylic acids is 1. The molecule has 0 radical (unpaired) electrons. The standard InChI is InChI=1S/C10H8F3NO5/c1-5(10(11,12)13)19-6-2-3-8(14(17)18)7(4-6)9(15)16/h2-5H,1H3,(H,15,16).